The molecule has 192 valence electrons. The van der Waals surface area contributed by atoms with Crippen LogP contribution in [0.1, 0.15) is 57.8 Å². The maximum Gasteiger partial charge on any atom is 0.306 e. The molecule has 0 aliphatic heterocycles. The first-order valence-corrected chi connectivity index (χ1v) is 10.6. The van der Waals surface area contributed by atoms with Gasteiger partial charge in [-0.3, -0.25) is 19.2 Å². The van der Waals surface area contributed by atoms with Gasteiger partial charge in [0.15, 0.2) is 11.5 Å². The van der Waals surface area contributed by atoms with Gasteiger partial charge in [-0.2, -0.15) is 0 Å². The van der Waals surface area contributed by atoms with Crippen molar-refractivity contribution in [2.45, 2.75) is 57.8 Å². The second-order valence-corrected chi connectivity index (χ2v) is 7.80. The Balaban J connectivity index is 0.000000415. The molecule has 3 aliphatic carbocycles. The summed E-state index contributed by atoms with van der Waals surface area (Å²) in [7, 11) is 0. The van der Waals surface area contributed by atoms with E-state index in [1.165, 1.54) is 0 Å². The van der Waals surface area contributed by atoms with Crippen molar-refractivity contribution in [1.82, 2.24) is 0 Å². The molecule has 0 unspecified atom stereocenters. The molecule has 4 rings (SSSR count). The molecular formula is C22H32O12. The summed E-state index contributed by atoms with van der Waals surface area (Å²) < 4.78 is 0. The molecule has 3 saturated carbocycles. The molecule has 1 aromatic carbocycles. The summed E-state index contributed by atoms with van der Waals surface area (Å²) in [4.78, 5) is 38.3. The Morgan fingerprint density at radius 3 is 0.912 bits per heavy atom. The number of carboxylic acid groups (broad SMARTS) is 4. The fraction of sp³-hybridized carbons (Fsp3) is 0.545. The molecule has 1 aromatic rings. The summed E-state index contributed by atoms with van der Waals surface area (Å²) >= 11 is 0. The lowest BCUT2D eigenvalue weighted by molar-refractivity contribution is -0.145. The van der Waals surface area contributed by atoms with Gasteiger partial charge >= 0.3 is 17.9 Å². The highest BCUT2D eigenvalue weighted by molar-refractivity contribution is 5.71. The summed E-state index contributed by atoms with van der Waals surface area (Å²) in [5.74, 6) is -4.20. The standard InChI is InChI=1S/C6H6O4.3C5H8O2.CH2O2/c7-3-1-2-4(8)6(10)5(3)9;3*6-5(7)4-2-1-3-4;2-1-3/h1-2,7-10H;3*4H,1-3H2,(H,6,7);1H,(H,2,3). The number of benzene rings is 1. The van der Waals surface area contributed by atoms with Gasteiger partial charge < -0.3 is 40.9 Å². The molecular weight excluding hydrogens is 456 g/mol. The molecule has 0 aromatic heterocycles. The van der Waals surface area contributed by atoms with E-state index in [1.807, 2.05) is 0 Å². The van der Waals surface area contributed by atoms with E-state index in [-0.39, 0.29) is 24.2 Å². The molecule has 12 nitrogen and oxygen atoms in total. The average Bonchev–Trinajstić information content (AvgIpc) is 2.60. The van der Waals surface area contributed by atoms with Crippen LogP contribution in [0.25, 0.3) is 0 Å². The maximum absolute atomic E-state index is 9.98. The molecule has 8 N–H and O–H groups in total. The maximum atomic E-state index is 9.98. The number of carboxylic acids is 3. The number of hydrogen-bond acceptors (Lipinski definition) is 8. The molecule has 12 heteroatoms. The van der Waals surface area contributed by atoms with Gasteiger partial charge in [0, 0.05) is 0 Å². The lowest BCUT2D eigenvalue weighted by Gasteiger charge is -2.19. The Labute approximate surface area is 195 Å². The highest BCUT2D eigenvalue weighted by Crippen LogP contribution is 2.40. The van der Waals surface area contributed by atoms with Crippen molar-refractivity contribution in [3.8, 4) is 23.0 Å². The zero-order valence-corrected chi connectivity index (χ0v) is 18.5. The van der Waals surface area contributed by atoms with Gasteiger partial charge in [-0.15, -0.1) is 0 Å². The summed E-state index contributed by atoms with van der Waals surface area (Å²) in [6.45, 7) is -0.250. The minimum absolute atomic E-state index is 0.000000000000000444. The van der Waals surface area contributed by atoms with Crippen molar-refractivity contribution in [3.63, 3.8) is 0 Å². The van der Waals surface area contributed by atoms with Gasteiger partial charge in [0.2, 0.25) is 11.5 Å². The number of aliphatic carboxylic acids is 3. The highest BCUT2D eigenvalue weighted by atomic mass is 16.4. The summed E-state index contributed by atoms with van der Waals surface area (Å²) in [5, 5.41) is 66.4. The van der Waals surface area contributed by atoms with Crippen LogP contribution >= 0.6 is 0 Å². The topological polar surface area (TPSA) is 230 Å². The van der Waals surface area contributed by atoms with E-state index in [4.69, 9.17) is 45.6 Å². The van der Waals surface area contributed by atoms with E-state index in [2.05, 4.69) is 0 Å². The van der Waals surface area contributed by atoms with Crippen LogP contribution in [-0.2, 0) is 19.2 Å². The molecule has 0 spiro atoms. The van der Waals surface area contributed by atoms with Gasteiger partial charge in [-0.25, -0.2) is 0 Å². The minimum Gasteiger partial charge on any atom is -0.504 e. The molecule has 0 amide bonds. The molecule has 0 atom stereocenters. The van der Waals surface area contributed by atoms with Crippen molar-refractivity contribution in [1.29, 1.82) is 0 Å². The number of hydrogen-bond donors (Lipinski definition) is 8. The van der Waals surface area contributed by atoms with Crippen LogP contribution in [0.4, 0.5) is 0 Å². The quantitative estimate of drug-likeness (QED) is 0.174. The van der Waals surface area contributed by atoms with Gasteiger partial charge in [-0.05, 0) is 50.7 Å². The van der Waals surface area contributed by atoms with Crippen molar-refractivity contribution in [2.24, 2.45) is 17.8 Å². The molecule has 0 heterocycles. The van der Waals surface area contributed by atoms with E-state index < -0.39 is 40.9 Å². The summed E-state index contributed by atoms with van der Waals surface area (Å²) in [6, 6.07) is 2.15. The molecule has 3 fully saturated rings. The van der Waals surface area contributed by atoms with E-state index in [9.17, 15) is 14.4 Å². The fourth-order valence-corrected chi connectivity index (χ4v) is 2.52. The second-order valence-electron chi connectivity index (χ2n) is 7.80. The monoisotopic (exact) mass is 488 g/mol. The first kappa shape index (κ1) is 30.3. The lowest BCUT2D eigenvalue weighted by Crippen LogP contribution is -2.20. The van der Waals surface area contributed by atoms with E-state index in [0.29, 0.717) is 0 Å². The first-order valence-electron chi connectivity index (χ1n) is 10.6. The van der Waals surface area contributed by atoms with Crippen molar-refractivity contribution in [2.75, 3.05) is 0 Å². The Bertz CT molecular complexity index is 711. The lowest BCUT2D eigenvalue weighted by atomic mass is 9.86. The molecule has 0 bridgehead atoms. The van der Waals surface area contributed by atoms with Crippen molar-refractivity contribution < 1.29 is 60.0 Å². The molecule has 0 radical (unpaired) electrons. The van der Waals surface area contributed by atoms with E-state index in [1.54, 1.807) is 0 Å². The van der Waals surface area contributed by atoms with Gasteiger partial charge in [0.1, 0.15) is 0 Å². The first-order chi connectivity index (χ1) is 16.0. The third-order valence-corrected chi connectivity index (χ3v) is 5.47. The van der Waals surface area contributed by atoms with Crippen LogP contribution in [0, 0.1) is 17.8 Å². The predicted molar refractivity (Wildman–Crippen MR) is 117 cm³/mol. The number of phenolic OH excluding ortho intramolecular Hbond substituents is 4. The SMILES string of the molecule is O=C(O)C1CCC1.O=C(O)C1CCC1.O=C(O)C1CCC1.O=CO.Oc1ccc(O)c(O)c1O. The van der Waals surface area contributed by atoms with E-state index >= 15 is 0 Å². The zero-order chi connectivity index (χ0) is 26.3. The van der Waals surface area contributed by atoms with Gasteiger partial charge in [0.25, 0.3) is 6.47 Å². The Morgan fingerprint density at radius 1 is 0.618 bits per heavy atom. The van der Waals surface area contributed by atoms with Crippen molar-refractivity contribution >= 4 is 24.4 Å². The van der Waals surface area contributed by atoms with Crippen LogP contribution < -0.4 is 0 Å². The largest absolute Gasteiger partial charge is 0.504 e. The van der Waals surface area contributed by atoms with Crippen molar-refractivity contribution in [3.05, 3.63) is 12.1 Å². The van der Waals surface area contributed by atoms with Crippen LogP contribution in [0.3, 0.4) is 0 Å². The normalized spacial score (nSPS) is 16.2. The van der Waals surface area contributed by atoms with Gasteiger partial charge in [-0.1, -0.05) is 19.3 Å². The Morgan fingerprint density at radius 2 is 0.824 bits per heavy atom. The molecule has 0 saturated heterocycles. The third-order valence-electron chi connectivity index (χ3n) is 5.47. The second kappa shape index (κ2) is 16.0. The zero-order valence-electron chi connectivity index (χ0n) is 18.5. The number of phenols is 4. The number of carbonyl (C=O) groups is 4. The van der Waals surface area contributed by atoms with Gasteiger partial charge in [0.05, 0.1) is 17.8 Å². The summed E-state index contributed by atoms with van der Waals surface area (Å²) in [6.07, 6.45) is 8.71. The van der Waals surface area contributed by atoms with Crippen LogP contribution in [0.2, 0.25) is 0 Å². The van der Waals surface area contributed by atoms with Crippen LogP contribution in [0.15, 0.2) is 12.1 Å². The minimum atomic E-state index is -0.708. The van der Waals surface area contributed by atoms with Crippen LogP contribution in [-0.4, -0.2) is 65.2 Å². The summed E-state index contributed by atoms with van der Waals surface area (Å²) in [5.41, 5.74) is 0. The van der Waals surface area contributed by atoms with E-state index in [0.717, 1.165) is 69.9 Å². The fourth-order valence-electron chi connectivity index (χ4n) is 2.52. The molecule has 34 heavy (non-hydrogen) atoms. The third kappa shape index (κ3) is 11.2. The number of rotatable bonds is 3. The predicted octanol–water partition coefficient (Wildman–Crippen LogP) is 2.82. The number of aromatic hydroxyl groups is 4. The Hall–Kier alpha value is -3.70. The average molecular weight is 488 g/mol. The molecule has 3 aliphatic rings. The Kier molecular flexibility index (Phi) is 14.3. The van der Waals surface area contributed by atoms with Crippen LogP contribution in [0.5, 0.6) is 23.0 Å². The smallest absolute Gasteiger partial charge is 0.306 e. The highest BCUT2D eigenvalue weighted by Gasteiger charge is 2.25.